The normalized spacial score (nSPS) is 25.7. The van der Waals surface area contributed by atoms with Crippen molar-refractivity contribution in [2.45, 2.75) is 24.9 Å². The molecule has 1 saturated carbocycles. The maximum Gasteiger partial charge on any atom is 0.223 e. The molecule has 4 rings (SSSR count). The molecule has 0 unspecified atom stereocenters. The summed E-state index contributed by atoms with van der Waals surface area (Å²) in [5.41, 5.74) is 2.26. The van der Waals surface area contributed by atoms with Crippen molar-refractivity contribution in [1.29, 1.82) is 0 Å². The quantitative estimate of drug-likeness (QED) is 0.932. The van der Waals surface area contributed by atoms with Crippen LogP contribution >= 0.6 is 11.3 Å². The van der Waals surface area contributed by atoms with Crippen molar-refractivity contribution in [2.75, 3.05) is 13.2 Å². The van der Waals surface area contributed by atoms with Crippen molar-refractivity contribution in [3.8, 4) is 0 Å². The molecule has 3 nitrogen and oxygen atoms in total. The topological polar surface area (TPSA) is 38.3 Å². The molecule has 23 heavy (non-hydrogen) atoms. The van der Waals surface area contributed by atoms with E-state index < -0.39 is 0 Å². The Morgan fingerprint density at radius 3 is 2.96 bits per heavy atom. The minimum absolute atomic E-state index is 0.00555. The second-order valence-corrected chi connectivity index (χ2v) is 7.15. The Morgan fingerprint density at radius 2 is 2.13 bits per heavy atom. The van der Waals surface area contributed by atoms with Crippen molar-refractivity contribution < 1.29 is 13.9 Å². The fraction of sp³-hybridized carbons (Fsp3) is 0.389. The third kappa shape index (κ3) is 3.03. The molecule has 1 aromatic heterocycles. The van der Waals surface area contributed by atoms with Crippen LogP contribution in [0.15, 0.2) is 35.7 Å². The molecule has 2 aromatic rings. The van der Waals surface area contributed by atoms with Crippen molar-refractivity contribution in [1.82, 2.24) is 5.32 Å². The molecule has 1 aromatic carbocycles. The van der Waals surface area contributed by atoms with Crippen LogP contribution in [0.1, 0.15) is 34.4 Å². The van der Waals surface area contributed by atoms with Crippen LogP contribution in [0.2, 0.25) is 0 Å². The smallest absolute Gasteiger partial charge is 0.223 e. The molecule has 3 atom stereocenters. The van der Waals surface area contributed by atoms with Gasteiger partial charge >= 0.3 is 0 Å². The molecule has 0 saturated heterocycles. The van der Waals surface area contributed by atoms with Gasteiger partial charge in [-0.25, -0.2) is 4.39 Å². The molecule has 2 heterocycles. The number of rotatable bonds is 4. The summed E-state index contributed by atoms with van der Waals surface area (Å²) in [6.07, 6.45) is 1.77. The van der Waals surface area contributed by atoms with Crippen LogP contribution in [0, 0.1) is 11.7 Å². The number of carbonyl (C=O) groups is 1. The van der Waals surface area contributed by atoms with Crippen molar-refractivity contribution in [3.05, 3.63) is 57.5 Å². The minimum Gasteiger partial charge on any atom is -0.371 e. The van der Waals surface area contributed by atoms with E-state index in [9.17, 15) is 9.18 Å². The summed E-state index contributed by atoms with van der Waals surface area (Å²) in [4.78, 5) is 13.7. The molecule has 1 fully saturated rings. The van der Waals surface area contributed by atoms with E-state index in [2.05, 4.69) is 16.8 Å². The number of carbonyl (C=O) groups excluding carboxylic acids is 1. The summed E-state index contributed by atoms with van der Waals surface area (Å²) in [5, 5.41) is 5.11. The van der Waals surface area contributed by atoms with Gasteiger partial charge in [0.1, 0.15) is 11.9 Å². The Balaban J connectivity index is 1.33. The van der Waals surface area contributed by atoms with Crippen molar-refractivity contribution >= 4 is 17.2 Å². The molecule has 0 radical (unpaired) electrons. The third-order valence-electron chi connectivity index (χ3n) is 4.66. The zero-order valence-electron chi connectivity index (χ0n) is 12.6. The van der Waals surface area contributed by atoms with Gasteiger partial charge in [0.15, 0.2) is 0 Å². The first-order valence-electron chi connectivity index (χ1n) is 7.93. The Bertz CT molecular complexity index is 712. The van der Waals surface area contributed by atoms with Crippen LogP contribution in [-0.2, 0) is 16.0 Å². The zero-order chi connectivity index (χ0) is 15.8. The van der Waals surface area contributed by atoms with Gasteiger partial charge in [0.2, 0.25) is 5.91 Å². The molecular weight excluding hydrogens is 313 g/mol. The molecule has 0 spiro atoms. The van der Waals surface area contributed by atoms with Crippen LogP contribution in [-0.4, -0.2) is 19.1 Å². The van der Waals surface area contributed by atoms with E-state index in [0.717, 1.165) is 25.0 Å². The predicted octanol–water partition coefficient (Wildman–Crippen LogP) is 3.42. The van der Waals surface area contributed by atoms with Gasteiger partial charge < -0.3 is 10.1 Å². The standard InChI is InChI=1S/C18H18FNO2S/c19-12-3-1-11(2-4-12)14-9-15(14)18(21)20-10-16-13-6-8-23-17(13)5-7-22-16/h1-4,6,8,14-16H,5,7,9-10H2,(H,20,21)/t14-,15+,16+/m1/s1. The molecular formula is C18H18FNO2S. The van der Waals surface area contributed by atoms with Crippen LogP contribution in [0.25, 0.3) is 0 Å². The highest BCUT2D eigenvalue weighted by Gasteiger charge is 2.44. The summed E-state index contributed by atoms with van der Waals surface area (Å²) in [6, 6.07) is 8.55. The maximum atomic E-state index is 13.0. The van der Waals surface area contributed by atoms with Gasteiger partial charge in [-0.3, -0.25) is 4.79 Å². The highest BCUT2D eigenvalue weighted by molar-refractivity contribution is 7.10. The van der Waals surface area contributed by atoms with Crippen LogP contribution < -0.4 is 5.32 Å². The van der Waals surface area contributed by atoms with Gasteiger partial charge in [0, 0.05) is 23.8 Å². The van der Waals surface area contributed by atoms with E-state index in [4.69, 9.17) is 4.74 Å². The summed E-state index contributed by atoms with van der Waals surface area (Å²) in [5.74, 6) is 0.0623. The molecule has 1 aliphatic carbocycles. The lowest BCUT2D eigenvalue weighted by Crippen LogP contribution is -2.32. The first-order chi connectivity index (χ1) is 11.2. The molecule has 5 heteroatoms. The van der Waals surface area contributed by atoms with E-state index in [1.54, 1.807) is 23.5 Å². The Hall–Kier alpha value is -1.72. The molecule has 1 N–H and O–H groups in total. The number of halogens is 1. The average Bonchev–Trinajstić information content (AvgIpc) is 3.22. The van der Waals surface area contributed by atoms with E-state index in [0.29, 0.717) is 6.54 Å². The van der Waals surface area contributed by atoms with Gasteiger partial charge in [-0.1, -0.05) is 12.1 Å². The van der Waals surface area contributed by atoms with Crippen LogP contribution in [0.3, 0.4) is 0 Å². The molecule has 1 amide bonds. The Labute approximate surface area is 138 Å². The van der Waals surface area contributed by atoms with Crippen LogP contribution in [0.5, 0.6) is 0 Å². The van der Waals surface area contributed by atoms with E-state index in [1.807, 2.05) is 0 Å². The zero-order valence-corrected chi connectivity index (χ0v) is 13.4. The number of fused-ring (bicyclic) bond motifs is 1. The fourth-order valence-corrected chi connectivity index (χ4v) is 4.20. The molecule has 1 aliphatic heterocycles. The lowest BCUT2D eigenvalue weighted by Gasteiger charge is -2.23. The van der Waals surface area contributed by atoms with Gasteiger partial charge in [0.05, 0.1) is 6.61 Å². The third-order valence-corrected chi connectivity index (χ3v) is 5.66. The number of ether oxygens (including phenoxy) is 1. The lowest BCUT2D eigenvalue weighted by molar-refractivity contribution is -0.123. The SMILES string of the molecule is O=C(NC[C@@H]1OCCc2sccc21)[C@H]1C[C@@H]1c1ccc(F)cc1. The molecule has 0 bridgehead atoms. The predicted molar refractivity (Wildman–Crippen MR) is 87.0 cm³/mol. The van der Waals surface area contributed by atoms with Crippen molar-refractivity contribution in [3.63, 3.8) is 0 Å². The largest absolute Gasteiger partial charge is 0.371 e. The second kappa shape index (κ2) is 6.06. The molecule has 120 valence electrons. The monoisotopic (exact) mass is 331 g/mol. The summed E-state index contributed by atoms with van der Waals surface area (Å²) in [6.45, 7) is 1.24. The van der Waals surface area contributed by atoms with E-state index in [-0.39, 0.29) is 29.7 Å². The first kappa shape index (κ1) is 14.8. The summed E-state index contributed by atoms with van der Waals surface area (Å²) < 4.78 is 18.7. The number of hydrogen-bond acceptors (Lipinski definition) is 3. The second-order valence-electron chi connectivity index (χ2n) is 6.15. The number of nitrogens with one attached hydrogen (secondary N) is 1. The number of thiophene rings is 1. The van der Waals surface area contributed by atoms with Crippen LogP contribution in [0.4, 0.5) is 4.39 Å². The number of amides is 1. The fourth-order valence-electron chi connectivity index (χ4n) is 3.28. The summed E-state index contributed by atoms with van der Waals surface area (Å²) >= 11 is 1.76. The number of benzene rings is 1. The highest BCUT2D eigenvalue weighted by atomic mass is 32.1. The van der Waals surface area contributed by atoms with Gasteiger partial charge in [-0.05, 0) is 47.0 Å². The summed E-state index contributed by atoms with van der Waals surface area (Å²) in [7, 11) is 0. The Kier molecular flexibility index (Phi) is 3.91. The van der Waals surface area contributed by atoms with Gasteiger partial charge in [0.25, 0.3) is 0 Å². The first-order valence-corrected chi connectivity index (χ1v) is 8.81. The van der Waals surface area contributed by atoms with E-state index in [1.165, 1.54) is 22.6 Å². The lowest BCUT2D eigenvalue weighted by atomic mass is 10.1. The van der Waals surface area contributed by atoms with E-state index >= 15 is 0 Å². The van der Waals surface area contributed by atoms with Gasteiger partial charge in [-0.2, -0.15) is 0 Å². The highest BCUT2D eigenvalue weighted by Crippen LogP contribution is 2.47. The maximum absolute atomic E-state index is 13.0. The molecule has 2 aliphatic rings. The Morgan fingerprint density at radius 1 is 1.30 bits per heavy atom. The minimum atomic E-state index is -0.239. The average molecular weight is 331 g/mol. The van der Waals surface area contributed by atoms with Crippen molar-refractivity contribution in [2.24, 2.45) is 5.92 Å². The van der Waals surface area contributed by atoms with Gasteiger partial charge in [-0.15, -0.1) is 11.3 Å². The number of hydrogen-bond donors (Lipinski definition) is 1.